The molecule has 1 aliphatic rings. The Morgan fingerprint density at radius 1 is 1.10 bits per heavy atom. The lowest BCUT2D eigenvalue weighted by Gasteiger charge is -2.30. The molecule has 0 radical (unpaired) electrons. The van der Waals surface area contributed by atoms with Gasteiger partial charge in [-0.25, -0.2) is 0 Å². The maximum atomic E-state index is 12.5. The lowest BCUT2D eigenvalue weighted by Crippen LogP contribution is -2.38. The van der Waals surface area contributed by atoms with Gasteiger partial charge in [-0.05, 0) is 67.7 Å². The van der Waals surface area contributed by atoms with Crippen LogP contribution in [-0.2, 0) is 26.1 Å². The van der Waals surface area contributed by atoms with E-state index in [0.717, 1.165) is 49.8 Å². The molecule has 6 nitrogen and oxygen atoms in total. The number of alkyl halides is 3. The Hall–Kier alpha value is -2.33. The molecule has 1 aliphatic heterocycles. The van der Waals surface area contributed by atoms with Crippen LogP contribution in [0.4, 0.5) is 13.2 Å². The van der Waals surface area contributed by atoms with Gasteiger partial charge < -0.3 is 13.8 Å². The molecule has 0 aliphatic carbocycles. The third-order valence-electron chi connectivity index (χ3n) is 5.29. The van der Waals surface area contributed by atoms with Gasteiger partial charge in [0, 0.05) is 6.54 Å². The fourth-order valence-corrected chi connectivity index (χ4v) is 4.05. The normalized spacial score (nSPS) is 16.4. The number of halogens is 3. The average molecular weight is 459 g/mol. The number of ether oxygens (including phenoxy) is 1. The van der Waals surface area contributed by atoms with Gasteiger partial charge in [-0.15, -0.1) is 0 Å². The Balaban J connectivity index is 1.58. The second-order valence-corrected chi connectivity index (χ2v) is 8.98. The fourth-order valence-electron chi connectivity index (χ4n) is 3.59. The number of hydrogen-bond donors (Lipinski definition) is 0. The first-order chi connectivity index (χ1) is 14.6. The molecule has 0 saturated carbocycles. The van der Waals surface area contributed by atoms with E-state index < -0.39 is 15.6 Å². The summed E-state index contributed by atoms with van der Waals surface area (Å²) in [4.78, 5) is 14.1. The standard InChI is InChI=1S/C21H24F3NO5S/c1-2-29-20(26)16-8-11-25(12-9-16)10-7-15-3-4-18-14-19(6-5-17(18)13-15)30-31(27,28)21(22,23)24/h3-6,13-14,16H,2,7-12H2,1H3. The molecule has 0 amide bonds. The number of esters is 1. The van der Waals surface area contributed by atoms with Gasteiger partial charge in [-0.2, -0.15) is 21.6 Å². The highest BCUT2D eigenvalue weighted by Crippen LogP contribution is 2.29. The number of hydrogen-bond acceptors (Lipinski definition) is 6. The van der Waals surface area contributed by atoms with Crippen LogP contribution in [0.1, 0.15) is 25.3 Å². The molecule has 1 heterocycles. The molecule has 10 heteroatoms. The number of piperidine rings is 1. The Labute approximate surface area is 179 Å². The number of benzene rings is 2. The van der Waals surface area contributed by atoms with Gasteiger partial charge in [0.25, 0.3) is 0 Å². The number of likely N-dealkylation sites (tertiary alicyclic amines) is 1. The maximum Gasteiger partial charge on any atom is 0.534 e. The van der Waals surface area contributed by atoms with Gasteiger partial charge in [0.15, 0.2) is 0 Å². The van der Waals surface area contributed by atoms with Gasteiger partial charge in [0.1, 0.15) is 5.75 Å². The minimum Gasteiger partial charge on any atom is -0.466 e. The van der Waals surface area contributed by atoms with Crippen molar-refractivity contribution in [3.63, 3.8) is 0 Å². The van der Waals surface area contributed by atoms with Crippen LogP contribution < -0.4 is 4.18 Å². The van der Waals surface area contributed by atoms with Crippen molar-refractivity contribution in [3.05, 3.63) is 42.0 Å². The van der Waals surface area contributed by atoms with Crippen molar-refractivity contribution in [1.82, 2.24) is 4.90 Å². The van der Waals surface area contributed by atoms with E-state index in [4.69, 9.17) is 4.74 Å². The Morgan fingerprint density at radius 2 is 1.74 bits per heavy atom. The highest BCUT2D eigenvalue weighted by atomic mass is 32.2. The van der Waals surface area contributed by atoms with Crippen molar-refractivity contribution in [2.24, 2.45) is 5.92 Å². The van der Waals surface area contributed by atoms with E-state index in [1.54, 1.807) is 13.0 Å². The van der Waals surface area contributed by atoms with Crippen molar-refractivity contribution >= 4 is 26.9 Å². The molecular formula is C21H24F3NO5S. The largest absolute Gasteiger partial charge is 0.534 e. The molecule has 0 aromatic heterocycles. The van der Waals surface area contributed by atoms with E-state index >= 15 is 0 Å². The zero-order valence-corrected chi connectivity index (χ0v) is 17.8. The van der Waals surface area contributed by atoms with Crippen LogP contribution >= 0.6 is 0 Å². The molecule has 1 fully saturated rings. The molecule has 2 aromatic carbocycles. The van der Waals surface area contributed by atoms with Crippen molar-refractivity contribution in [3.8, 4) is 5.75 Å². The minimum absolute atomic E-state index is 0.0329. The summed E-state index contributed by atoms with van der Waals surface area (Å²) in [7, 11) is -5.70. The first-order valence-corrected chi connectivity index (χ1v) is 11.4. The lowest BCUT2D eigenvalue weighted by atomic mass is 9.96. The van der Waals surface area contributed by atoms with E-state index in [9.17, 15) is 26.4 Å². The summed E-state index contributed by atoms with van der Waals surface area (Å²) in [5, 5.41) is 1.35. The predicted octanol–water partition coefficient (Wildman–Crippen LogP) is 3.89. The molecule has 0 bridgehead atoms. The highest BCUT2D eigenvalue weighted by molar-refractivity contribution is 7.88. The predicted molar refractivity (Wildman–Crippen MR) is 109 cm³/mol. The Morgan fingerprint density at radius 3 is 2.39 bits per heavy atom. The summed E-state index contributed by atoms with van der Waals surface area (Å²) in [6, 6.07) is 9.51. The average Bonchev–Trinajstić information content (AvgIpc) is 2.71. The summed E-state index contributed by atoms with van der Waals surface area (Å²) in [6.45, 7) is 4.67. The van der Waals surface area contributed by atoms with Crippen molar-refractivity contribution in [1.29, 1.82) is 0 Å². The summed E-state index contributed by atoms with van der Waals surface area (Å²) in [6.07, 6.45) is 2.33. The molecule has 1 saturated heterocycles. The summed E-state index contributed by atoms with van der Waals surface area (Å²) in [5.41, 5.74) is -4.42. The maximum absolute atomic E-state index is 12.5. The zero-order valence-electron chi connectivity index (χ0n) is 17.0. The molecule has 0 spiro atoms. The lowest BCUT2D eigenvalue weighted by molar-refractivity contribution is -0.149. The summed E-state index contributed by atoms with van der Waals surface area (Å²) < 4.78 is 69.0. The van der Waals surface area contributed by atoms with Crippen LogP contribution in [-0.4, -0.2) is 51.0 Å². The van der Waals surface area contributed by atoms with E-state index in [0.29, 0.717) is 12.0 Å². The van der Waals surface area contributed by atoms with E-state index in [1.165, 1.54) is 18.2 Å². The highest BCUT2D eigenvalue weighted by Gasteiger charge is 2.48. The molecule has 170 valence electrons. The number of nitrogens with zero attached hydrogens (tertiary/aromatic N) is 1. The monoisotopic (exact) mass is 459 g/mol. The van der Waals surface area contributed by atoms with Crippen molar-refractivity contribution in [2.45, 2.75) is 31.7 Å². The smallest absolute Gasteiger partial charge is 0.466 e. The van der Waals surface area contributed by atoms with Gasteiger partial charge in [-0.1, -0.05) is 24.3 Å². The third-order valence-corrected chi connectivity index (χ3v) is 6.27. The van der Waals surface area contributed by atoms with Crippen LogP contribution in [0.25, 0.3) is 10.8 Å². The van der Waals surface area contributed by atoms with Gasteiger partial charge >= 0.3 is 21.6 Å². The quantitative estimate of drug-likeness (QED) is 0.355. The first kappa shape index (κ1) is 23.3. The molecule has 3 rings (SSSR count). The first-order valence-electron chi connectivity index (χ1n) is 10.0. The summed E-state index contributed by atoms with van der Waals surface area (Å²) >= 11 is 0. The Bertz CT molecular complexity index is 1030. The number of rotatable bonds is 7. The topological polar surface area (TPSA) is 72.9 Å². The van der Waals surface area contributed by atoms with E-state index in [1.807, 2.05) is 12.1 Å². The van der Waals surface area contributed by atoms with Gasteiger partial charge in [0.05, 0.1) is 12.5 Å². The molecular weight excluding hydrogens is 435 g/mol. The summed E-state index contributed by atoms with van der Waals surface area (Å²) in [5.74, 6) is -0.542. The number of fused-ring (bicyclic) bond motifs is 1. The second-order valence-electron chi connectivity index (χ2n) is 7.44. The SMILES string of the molecule is CCOC(=O)C1CCN(CCc2ccc3cc(OS(=O)(=O)C(F)(F)F)ccc3c2)CC1. The molecule has 2 aromatic rings. The Kier molecular flexibility index (Phi) is 7.10. The second kappa shape index (κ2) is 9.44. The van der Waals surface area contributed by atoms with E-state index in [-0.39, 0.29) is 17.6 Å². The molecule has 0 atom stereocenters. The molecule has 0 unspecified atom stereocenters. The van der Waals surface area contributed by atoms with Crippen LogP contribution in [0.5, 0.6) is 5.75 Å². The van der Waals surface area contributed by atoms with Gasteiger partial charge in [0.2, 0.25) is 0 Å². The van der Waals surface area contributed by atoms with Crippen LogP contribution in [0.3, 0.4) is 0 Å². The minimum atomic E-state index is -5.70. The van der Waals surface area contributed by atoms with E-state index in [2.05, 4.69) is 9.08 Å². The zero-order chi connectivity index (χ0) is 22.6. The third kappa shape index (κ3) is 5.88. The van der Waals surface area contributed by atoms with Crippen molar-refractivity contribution < 1.29 is 35.3 Å². The molecule has 31 heavy (non-hydrogen) atoms. The fraction of sp³-hybridized carbons (Fsp3) is 0.476. The number of carbonyl (C=O) groups is 1. The van der Waals surface area contributed by atoms with Crippen molar-refractivity contribution in [2.75, 3.05) is 26.2 Å². The van der Waals surface area contributed by atoms with Crippen LogP contribution in [0.15, 0.2) is 36.4 Å². The van der Waals surface area contributed by atoms with Crippen LogP contribution in [0.2, 0.25) is 0 Å². The van der Waals surface area contributed by atoms with Gasteiger partial charge in [-0.3, -0.25) is 4.79 Å². The number of carbonyl (C=O) groups excluding carboxylic acids is 1. The molecule has 0 N–H and O–H groups in total. The van der Waals surface area contributed by atoms with Crippen LogP contribution in [0, 0.1) is 5.92 Å².